The SMILES string of the molecule is C=CC(=O)N1C[C@H]2CC[C@@H]1CN2c1ccc2ncnc(Nc3cccc(Cl)c3F)c2n1. The van der Waals surface area contributed by atoms with Crippen molar-refractivity contribution in [3.63, 3.8) is 0 Å². The number of nitrogens with one attached hydrogen (secondary N) is 1. The van der Waals surface area contributed by atoms with Crippen molar-refractivity contribution in [3.05, 3.63) is 60.2 Å². The van der Waals surface area contributed by atoms with Gasteiger partial charge >= 0.3 is 0 Å². The van der Waals surface area contributed by atoms with Gasteiger partial charge in [-0.3, -0.25) is 4.79 Å². The monoisotopic (exact) mass is 438 g/mol. The third kappa shape index (κ3) is 3.46. The van der Waals surface area contributed by atoms with E-state index in [1.807, 2.05) is 17.0 Å². The lowest BCUT2D eigenvalue weighted by Crippen LogP contribution is -2.64. The van der Waals surface area contributed by atoms with Crippen molar-refractivity contribution in [1.29, 1.82) is 0 Å². The fraction of sp³-hybridized carbons (Fsp3) is 0.273. The summed E-state index contributed by atoms with van der Waals surface area (Å²) in [5.74, 6) is 0.618. The Labute approximate surface area is 183 Å². The minimum absolute atomic E-state index is 0.0238. The number of amides is 1. The van der Waals surface area contributed by atoms with E-state index in [-0.39, 0.29) is 28.7 Å². The molecule has 6 rings (SSSR count). The fourth-order valence-corrected chi connectivity index (χ4v) is 4.58. The number of nitrogens with zero attached hydrogens (tertiary/aromatic N) is 5. The lowest BCUT2D eigenvalue weighted by atomic mass is 9.90. The minimum Gasteiger partial charge on any atom is -0.350 e. The van der Waals surface area contributed by atoms with Crippen LogP contribution in [0.1, 0.15) is 12.8 Å². The maximum Gasteiger partial charge on any atom is 0.246 e. The predicted octanol–water partition coefficient (Wildman–Crippen LogP) is 3.93. The maximum absolute atomic E-state index is 14.4. The number of benzene rings is 1. The molecule has 5 heterocycles. The molecule has 1 aromatic carbocycles. The van der Waals surface area contributed by atoms with Crippen molar-refractivity contribution in [1.82, 2.24) is 19.9 Å². The van der Waals surface area contributed by atoms with Crippen molar-refractivity contribution >= 4 is 45.9 Å². The highest BCUT2D eigenvalue weighted by Crippen LogP contribution is 2.34. The van der Waals surface area contributed by atoms with Crippen LogP contribution in [0.2, 0.25) is 5.02 Å². The quantitative estimate of drug-likeness (QED) is 0.622. The van der Waals surface area contributed by atoms with Crippen LogP contribution in [-0.4, -0.2) is 50.9 Å². The molecule has 1 N–H and O–H groups in total. The Bertz CT molecular complexity index is 1190. The van der Waals surface area contributed by atoms with E-state index in [1.54, 1.807) is 12.1 Å². The number of carbonyl (C=O) groups is 1. The molecule has 2 bridgehead atoms. The summed E-state index contributed by atoms with van der Waals surface area (Å²) in [7, 11) is 0. The van der Waals surface area contributed by atoms with Crippen LogP contribution in [0.15, 0.2) is 49.3 Å². The molecule has 3 saturated heterocycles. The van der Waals surface area contributed by atoms with E-state index in [9.17, 15) is 9.18 Å². The number of anilines is 3. The van der Waals surface area contributed by atoms with Gasteiger partial charge < -0.3 is 15.1 Å². The van der Waals surface area contributed by atoms with E-state index in [0.717, 1.165) is 18.7 Å². The number of fused-ring (bicyclic) bond motifs is 4. The molecule has 0 saturated carbocycles. The second-order valence-corrected chi connectivity index (χ2v) is 8.13. The molecule has 9 heteroatoms. The molecule has 31 heavy (non-hydrogen) atoms. The summed E-state index contributed by atoms with van der Waals surface area (Å²) in [6.45, 7) is 4.98. The van der Waals surface area contributed by atoms with Gasteiger partial charge in [0.15, 0.2) is 11.6 Å². The summed E-state index contributed by atoms with van der Waals surface area (Å²) in [5.41, 5.74) is 1.41. The van der Waals surface area contributed by atoms with Gasteiger partial charge in [-0.2, -0.15) is 0 Å². The first-order chi connectivity index (χ1) is 15.0. The lowest BCUT2D eigenvalue weighted by molar-refractivity contribution is -0.131. The average Bonchev–Trinajstić information content (AvgIpc) is 2.81. The summed E-state index contributed by atoms with van der Waals surface area (Å²) < 4.78 is 14.4. The molecule has 1 amide bonds. The Hall–Kier alpha value is -3.26. The van der Waals surface area contributed by atoms with E-state index in [1.165, 1.54) is 18.5 Å². The topological polar surface area (TPSA) is 74.2 Å². The van der Waals surface area contributed by atoms with E-state index in [4.69, 9.17) is 16.6 Å². The van der Waals surface area contributed by atoms with Gasteiger partial charge in [0.05, 0.1) is 16.2 Å². The number of hydrogen-bond acceptors (Lipinski definition) is 6. The van der Waals surface area contributed by atoms with E-state index in [0.29, 0.717) is 29.9 Å². The maximum atomic E-state index is 14.4. The average molecular weight is 439 g/mol. The van der Waals surface area contributed by atoms with E-state index < -0.39 is 5.82 Å². The van der Waals surface area contributed by atoms with Gasteiger partial charge in [0.25, 0.3) is 0 Å². The van der Waals surface area contributed by atoms with Crippen LogP contribution in [0.3, 0.4) is 0 Å². The normalized spacial score (nSPS) is 20.2. The Morgan fingerprint density at radius 1 is 1.19 bits per heavy atom. The molecule has 2 aromatic heterocycles. The third-order valence-corrected chi connectivity index (χ3v) is 6.25. The highest BCUT2D eigenvalue weighted by Gasteiger charge is 2.40. The van der Waals surface area contributed by atoms with Gasteiger partial charge in [0.2, 0.25) is 5.91 Å². The molecule has 3 aliphatic heterocycles. The van der Waals surface area contributed by atoms with Gasteiger partial charge in [-0.1, -0.05) is 24.2 Å². The summed E-state index contributed by atoms with van der Waals surface area (Å²) in [5, 5.41) is 3.02. The highest BCUT2D eigenvalue weighted by atomic mass is 35.5. The molecule has 0 unspecified atom stereocenters. The third-order valence-electron chi connectivity index (χ3n) is 5.95. The first-order valence-corrected chi connectivity index (χ1v) is 10.5. The molecule has 3 fully saturated rings. The summed E-state index contributed by atoms with van der Waals surface area (Å²) in [4.78, 5) is 29.7. The van der Waals surface area contributed by atoms with Crippen molar-refractivity contribution in [2.45, 2.75) is 24.9 Å². The molecule has 3 aliphatic rings. The number of pyridine rings is 1. The number of piperazine rings is 1. The van der Waals surface area contributed by atoms with Crippen LogP contribution in [0, 0.1) is 5.82 Å². The first kappa shape index (κ1) is 19.7. The number of halogens is 2. The summed E-state index contributed by atoms with van der Waals surface area (Å²) in [6.07, 6.45) is 4.76. The second-order valence-electron chi connectivity index (χ2n) is 7.72. The minimum atomic E-state index is -0.549. The predicted molar refractivity (Wildman–Crippen MR) is 118 cm³/mol. The molecular weight excluding hydrogens is 419 g/mol. The van der Waals surface area contributed by atoms with Gasteiger partial charge in [0, 0.05) is 25.2 Å². The van der Waals surface area contributed by atoms with Crippen molar-refractivity contribution in [2.24, 2.45) is 0 Å². The molecule has 2 atom stereocenters. The zero-order valence-electron chi connectivity index (χ0n) is 16.6. The van der Waals surface area contributed by atoms with E-state index in [2.05, 4.69) is 26.8 Å². The fourth-order valence-electron chi connectivity index (χ4n) is 4.41. The Morgan fingerprint density at radius 3 is 2.81 bits per heavy atom. The van der Waals surface area contributed by atoms with Crippen molar-refractivity contribution < 1.29 is 9.18 Å². The molecule has 158 valence electrons. The number of piperidine rings is 2. The molecule has 3 aromatic rings. The molecular formula is C22H20ClFN6O. The summed E-state index contributed by atoms with van der Waals surface area (Å²) >= 11 is 5.90. The number of rotatable bonds is 4. The molecule has 7 nitrogen and oxygen atoms in total. The van der Waals surface area contributed by atoms with Crippen LogP contribution in [-0.2, 0) is 4.79 Å². The van der Waals surface area contributed by atoms with Crippen LogP contribution >= 0.6 is 11.6 Å². The number of aromatic nitrogens is 3. The number of carbonyl (C=O) groups excluding carboxylic acids is 1. The Kier molecular flexibility index (Phi) is 4.94. The Balaban J connectivity index is 1.48. The summed E-state index contributed by atoms with van der Waals surface area (Å²) in [6, 6.07) is 8.88. The molecule has 0 spiro atoms. The zero-order chi connectivity index (χ0) is 21.5. The van der Waals surface area contributed by atoms with Gasteiger partial charge in [0.1, 0.15) is 17.7 Å². The molecule has 0 radical (unpaired) electrons. The first-order valence-electron chi connectivity index (χ1n) is 10.1. The van der Waals surface area contributed by atoms with Crippen LogP contribution in [0.4, 0.5) is 21.7 Å². The van der Waals surface area contributed by atoms with Gasteiger partial charge in [-0.05, 0) is 43.2 Å². The van der Waals surface area contributed by atoms with Crippen LogP contribution in [0.25, 0.3) is 11.0 Å². The smallest absolute Gasteiger partial charge is 0.246 e. The van der Waals surface area contributed by atoms with Gasteiger partial charge in [-0.15, -0.1) is 0 Å². The second kappa shape index (κ2) is 7.77. The van der Waals surface area contributed by atoms with Crippen LogP contribution in [0.5, 0.6) is 0 Å². The molecule has 0 aliphatic carbocycles. The van der Waals surface area contributed by atoms with Crippen LogP contribution < -0.4 is 10.2 Å². The lowest BCUT2D eigenvalue weighted by Gasteiger charge is -2.51. The highest BCUT2D eigenvalue weighted by molar-refractivity contribution is 6.31. The largest absolute Gasteiger partial charge is 0.350 e. The Morgan fingerprint density at radius 2 is 2.03 bits per heavy atom. The number of hydrogen-bond donors (Lipinski definition) is 1. The van der Waals surface area contributed by atoms with Crippen molar-refractivity contribution in [2.75, 3.05) is 23.3 Å². The van der Waals surface area contributed by atoms with E-state index >= 15 is 0 Å². The van der Waals surface area contributed by atoms with Crippen molar-refractivity contribution in [3.8, 4) is 0 Å². The van der Waals surface area contributed by atoms with Gasteiger partial charge in [-0.25, -0.2) is 19.3 Å². The zero-order valence-corrected chi connectivity index (χ0v) is 17.4. The standard InChI is InChI=1S/C22H20ClFN6O/c1-2-19(31)30-11-13-6-7-14(30)10-29(13)18-9-8-17-21(28-18)22(26-12-25-17)27-16-5-3-4-15(23)20(16)24/h2-5,8-9,12-14H,1,6-7,10-11H2,(H,25,26,27)/t13-,14-/m1/s1.